The van der Waals surface area contributed by atoms with Crippen LogP contribution in [0.2, 0.25) is 10.2 Å². The summed E-state index contributed by atoms with van der Waals surface area (Å²) in [6.45, 7) is 3.56. The van der Waals surface area contributed by atoms with Gasteiger partial charge in [-0.1, -0.05) is 29.3 Å². The Kier molecular flexibility index (Phi) is 3.09. The highest BCUT2D eigenvalue weighted by Crippen LogP contribution is 2.23. The highest BCUT2D eigenvalue weighted by Gasteiger charge is 2.07. The molecule has 0 aliphatic heterocycles. The van der Waals surface area contributed by atoms with Crippen LogP contribution < -0.4 is 5.73 Å². The third-order valence-corrected chi connectivity index (χ3v) is 1.99. The molecule has 12 heavy (non-hydrogen) atoms. The van der Waals surface area contributed by atoms with Crippen LogP contribution in [0, 0.1) is 0 Å². The second-order valence-corrected chi connectivity index (χ2v) is 3.08. The van der Waals surface area contributed by atoms with E-state index in [0.717, 1.165) is 5.56 Å². The molecule has 0 saturated heterocycles. The van der Waals surface area contributed by atoms with Crippen molar-refractivity contribution in [2.75, 3.05) is 0 Å². The summed E-state index contributed by atoms with van der Waals surface area (Å²) in [7, 11) is 0. The van der Waals surface area contributed by atoms with E-state index in [1.54, 1.807) is 12.1 Å². The fourth-order valence-electron chi connectivity index (χ4n) is 0.810. The molecule has 0 aromatic carbocycles. The molecule has 2 nitrogen and oxygen atoms in total. The van der Waals surface area contributed by atoms with Crippen molar-refractivity contribution >= 4 is 23.2 Å². The van der Waals surface area contributed by atoms with Crippen molar-refractivity contribution in [3.05, 3.63) is 40.7 Å². The zero-order chi connectivity index (χ0) is 9.14. The van der Waals surface area contributed by atoms with Crippen LogP contribution in [0.5, 0.6) is 0 Å². The van der Waals surface area contributed by atoms with E-state index in [1.165, 1.54) is 6.20 Å². The number of hydrogen-bond donors (Lipinski definition) is 1. The molecule has 0 aliphatic carbocycles. The minimum atomic E-state index is -0.294. The molecule has 0 spiro atoms. The van der Waals surface area contributed by atoms with Gasteiger partial charge in [0.25, 0.3) is 0 Å². The number of halogens is 2. The molecule has 4 heteroatoms. The molecular weight excluding hydrogens is 195 g/mol. The zero-order valence-corrected chi connectivity index (χ0v) is 7.81. The first-order valence-electron chi connectivity index (χ1n) is 3.34. The fourth-order valence-corrected chi connectivity index (χ4v) is 1.21. The van der Waals surface area contributed by atoms with Crippen LogP contribution in [-0.4, -0.2) is 4.98 Å². The van der Waals surface area contributed by atoms with Crippen LogP contribution in [0.25, 0.3) is 0 Å². The molecule has 64 valence electrons. The molecule has 1 atom stereocenters. The number of hydrogen-bond acceptors (Lipinski definition) is 2. The van der Waals surface area contributed by atoms with Gasteiger partial charge in [-0.05, 0) is 11.6 Å². The van der Waals surface area contributed by atoms with E-state index in [1.807, 2.05) is 0 Å². The maximum absolute atomic E-state index is 5.82. The summed E-state index contributed by atoms with van der Waals surface area (Å²) in [6, 6.07) is 1.34. The number of nitrogens with two attached hydrogens (primary N) is 1. The first-order chi connectivity index (χ1) is 5.65. The highest BCUT2D eigenvalue weighted by atomic mass is 35.5. The van der Waals surface area contributed by atoms with Crippen molar-refractivity contribution in [1.82, 2.24) is 4.98 Å². The maximum Gasteiger partial charge on any atom is 0.129 e. The average Bonchev–Trinajstić information content (AvgIpc) is 2.08. The molecule has 0 saturated carbocycles. The lowest BCUT2D eigenvalue weighted by molar-refractivity contribution is 0.910. The molecule has 1 heterocycles. The van der Waals surface area contributed by atoms with E-state index in [-0.39, 0.29) is 6.04 Å². The average molecular weight is 203 g/mol. The second-order valence-electron chi connectivity index (χ2n) is 2.29. The van der Waals surface area contributed by atoms with Gasteiger partial charge < -0.3 is 5.73 Å². The topological polar surface area (TPSA) is 38.9 Å². The van der Waals surface area contributed by atoms with Crippen LogP contribution in [-0.2, 0) is 0 Å². The highest BCUT2D eigenvalue weighted by molar-refractivity contribution is 6.32. The molecule has 1 aromatic rings. The summed E-state index contributed by atoms with van der Waals surface area (Å²) in [5.74, 6) is 0. The van der Waals surface area contributed by atoms with Gasteiger partial charge in [0.1, 0.15) is 5.15 Å². The van der Waals surface area contributed by atoms with Crippen molar-refractivity contribution in [3.63, 3.8) is 0 Å². The normalized spacial score (nSPS) is 12.6. The Morgan fingerprint density at radius 2 is 2.25 bits per heavy atom. The van der Waals surface area contributed by atoms with Crippen LogP contribution in [0.4, 0.5) is 0 Å². The van der Waals surface area contributed by atoms with E-state index in [0.29, 0.717) is 10.2 Å². The first kappa shape index (κ1) is 9.52. The van der Waals surface area contributed by atoms with Crippen LogP contribution >= 0.6 is 23.2 Å². The minimum Gasteiger partial charge on any atom is -0.321 e. The maximum atomic E-state index is 5.82. The summed E-state index contributed by atoms with van der Waals surface area (Å²) in [5, 5.41) is 0.888. The lowest BCUT2D eigenvalue weighted by atomic mass is 10.1. The van der Waals surface area contributed by atoms with Gasteiger partial charge in [-0.2, -0.15) is 0 Å². The minimum absolute atomic E-state index is 0.294. The van der Waals surface area contributed by atoms with E-state index >= 15 is 0 Å². The standard InChI is InChI=1S/C8H8Cl2N2/c1-2-7(11)5-3-8(10)12-4-6(5)9/h2-4,7H,1,11H2. The van der Waals surface area contributed by atoms with Crippen LogP contribution in [0.15, 0.2) is 24.9 Å². The second kappa shape index (κ2) is 3.90. The van der Waals surface area contributed by atoms with Gasteiger partial charge in [0, 0.05) is 12.2 Å². The van der Waals surface area contributed by atoms with E-state index in [9.17, 15) is 0 Å². The quantitative estimate of drug-likeness (QED) is 0.592. The summed E-state index contributed by atoms with van der Waals surface area (Å²) < 4.78 is 0. The summed E-state index contributed by atoms with van der Waals surface area (Å²) in [4.78, 5) is 3.80. The van der Waals surface area contributed by atoms with Crippen molar-refractivity contribution in [1.29, 1.82) is 0 Å². The van der Waals surface area contributed by atoms with Gasteiger partial charge in [-0.25, -0.2) is 4.98 Å². The third kappa shape index (κ3) is 1.97. The van der Waals surface area contributed by atoms with Gasteiger partial charge in [0.15, 0.2) is 0 Å². The number of aromatic nitrogens is 1. The van der Waals surface area contributed by atoms with Crippen molar-refractivity contribution in [3.8, 4) is 0 Å². The molecule has 1 rings (SSSR count). The summed E-state index contributed by atoms with van der Waals surface area (Å²) >= 11 is 11.5. The van der Waals surface area contributed by atoms with Gasteiger partial charge >= 0.3 is 0 Å². The SMILES string of the molecule is C=CC(N)c1cc(Cl)ncc1Cl. The molecule has 0 amide bonds. The van der Waals surface area contributed by atoms with Gasteiger partial charge in [-0.3, -0.25) is 0 Å². The van der Waals surface area contributed by atoms with Gasteiger partial charge in [-0.15, -0.1) is 6.58 Å². The molecule has 1 aromatic heterocycles. The van der Waals surface area contributed by atoms with E-state index in [4.69, 9.17) is 28.9 Å². The first-order valence-corrected chi connectivity index (χ1v) is 4.10. The fraction of sp³-hybridized carbons (Fsp3) is 0.125. The van der Waals surface area contributed by atoms with Crippen LogP contribution in [0.3, 0.4) is 0 Å². The number of rotatable bonds is 2. The van der Waals surface area contributed by atoms with E-state index in [2.05, 4.69) is 11.6 Å². The number of pyridine rings is 1. The Hall–Kier alpha value is -0.570. The smallest absolute Gasteiger partial charge is 0.129 e. The largest absolute Gasteiger partial charge is 0.321 e. The van der Waals surface area contributed by atoms with Gasteiger partial charge in [0.2, 0.25) is 0 Å². The molecule has 2 N–H and O–H groups in total. The molecular formula is C8H8Cl2N2. The van der Waals surface area contributed by atoms with Crippen molar-refractivity contribution in [2.24, 2.45) is 5.73 Å². The Balaban J connectivity index is 3.12. The Morgan fingerprint density at radius 3 is 2.83 bits per heavy atom. The van der Waals surface area contributed by atoms with Crippen molar-refractivity contribution in [2.45, 2.75) is 6.04 Å². The monoisotopic (exact) mass is 202 g/mol. The molecule has 0 aliphatic rings. The Bertz CT molecular complexity index is 299. The zero-order valence-electron chi connectivity index (χ0n) is 6.30. The molecule has 0 radical (unpaired) electrons. The van der Waals surface area contributed by atoms with E-state index < -0.39 is 0 Å². The third-order valence-electron chi connectivity index (χ3n) is 1.46. The van der Waals surface area contributed by atoms with Crippen LogP contribution in [0.1, 0.15) is 11.6 Å². The van der Waals surface area contributed by atoms with Gasteiger partial charge in [0.05, 0.1) is 5.02 Å². The Morgan fingerprint density at radius 1 is 1.58 bits per heavy atom. The Labute approximate surface area is 81.0 Å². The molecule has 1 unspecified atom stereocenters. The summed E-state index contributed by atoms with van der Waals surface area (Å²) in [6.07, 6.45) is 3.07. The summed E-state index contributed by atoms with van der Waals surface area (Å²) in [5.41, 5.74) is 6.42. The lowest BCUT2D eigenvalue weighted by Gasteiger charge is -2.07. The predicted molar refractivity (Wildman–Crippen MR) is 51.4 cm³/mol. The molecule has 0 bridgehead atoms. The lowest BCUT2D eigenvalue weighted by Crippen LogP contribution is -2.07. The molecule has 0 fully saturated rings. The predicted octanol–water partition coefficient (Wildman–Crippen LogP) is 2.57. The van der Waals surface area contributed by atoms with Crippen molar-refractivity contribution < 1.29 is 0 Å². The number of nitrogens with zero attached hydrogens (tertiary/aromatic N) is 1.